The van der Waals surface area contributed by atoms with Crippen molar-refractivity contribution in [3.8, 4) is 0 Å². The van der Waals surface area contributed by atoms with Gasteiger partial charge in [-0.05, 0) is 44.9 Å². The average molecular weight is 275 g/mol. The molecule has 2 rings (SSSR count). The maximum atomic E-state index is 12.4. The van der Waals surface area contributed by atoms with Crippen molar-refractivity contribution in [2.24, 2.45) is 0 Å². The monoisotopic (exact) mass is 275 g/mol. The van der Waals surface area contributed by atoms with Crippen LogP contribution in [0.5, 0.6) is 0 Å². The fourth-order valence-corrected chi connectivity index (χ4v) is 2.32. The van der Waals surface area contributed by atoms with E-state index in [1.807, 2.05) is 26.8 Å². The molecule has 3 N–H and O–H groups in total. The van der Waals surface area contributed by atoms with Crippen LogP contribution in [0.25, 0.3) is 0 Å². The lowest BCUT2D eigenvalue weighted by Crippen LogP contribution is -2.48. The van der Waals surface area contributed by atoms with Crippen LogP contribution in [-0.2, 0) is 11.2 Å². The van der Waals surface area contributed by atoms with E-state index in [0.717, 1.165) is 12.0 Å². The highest BCUT2D eigenvalue weighted by molar-refractivity contribution is 5.99. The molecule has 0 radical (unpaired) electrons. The average Bonchev–Trinajstić information content (AvgIpc) is 2.31. The molecule has 1 aromatic rings. The van der Waals surface area contributed by atoms with Gasteiger partial charge in [0.15, 0.2) is 0 Å². The summed E-state index contributed by atoms with van der Waals surface area (Å²) >= 11 is 0. The molecule has 2 amide bonds. The number of hydrogen-bond acceptors (Lipinski definition) is 3. The van der Waals surface area contributed by atoms with Gasteiger partial charge in [0.25, 0.3) is 5.91 Å². The number of nitrogens with zero attached hydrogens (tertiary/aromatic N) is 1. The number of fused-ring (bicyclic) bond motifs is 1. The van der Waals surface area contributed by atoms with Crippen molar-refractivity contribution in [3.63, 3.8) is 0 Å². The van der Waals surface area contributed by atoms with E-state index in [0.29, 0.717) is 17.8 Å². The predicted octanol–water partition coefficient (Wildman–Crippen LogP) is 1.18. The Morgan fingerprint density at radius 3 is 2.75 bits per heavy atom. The quantitative estimate of drug-likeness (QED) is 0.796. The van der Waals surface area contributed by atoms with E-state index in [2.05, 4.69) is 5.32 Å². The molecule has 0 spiro atoms. The Morgan fingerprint density at radius 2 is 2.10 bits per heavy atom. The third kappa shape index (κ3) is 3.29. The van der Waals surface area contributed by atoms with Gasteiger partial charge in [-0.3, -0.25) is 9.59 Å². The Bertz CT molecular complexity index is 547. The molecule has 1 heterocycles. The van der Waals surface area contributed by atoms with E-state index in [4.69, 9.17) is 5.73 Å². The molecule has 108 valence electrons. The number of nitrogen functional groups attached to an aromatic ring is 1. The molecule has 20 heavy (non-hydrogen) atoms. The number of benzene rings is 1. The standard InChI is InChI=1S/C15H21N3O2/c1-15(2,3)17-13(19)9-18-7-6-10-4-5-11(16)8-12(10)14(18)20/h4-5,8H,6-7,9,16H2,1-3H3,(H,17,19). The van der Waals surface area contributed by atoms with Crippen molar-refractivity contribution in [2.75, 3.05) is 18.8 Å². The molecule has 0 saturated heterocycles. The second kappa shape index (κ2) is 5.15. The maximum absolute atomic E-state index is 12.4. The second-order valence-electron chi connectivity index (χ2n) is 6.19. The number of carbonyl (C=O) groups excluding carboxylic acids is 2. The SMILES string of the molecule is CC(C)(C)NC(=O)CN1CCc2ccc(N)cc2C1=O. The predicted molar refractivity (Wildman–Crippen MR) is 78.4 cm³/mol. The van der Waals surface area contributed by atoms with Gasteiger partial charge in [0.2, 0.25) is 5.91 Å². The van der Waals surface area contributed by atoms with Crippen LogP contribution in [0.15, 0.2) is 18.2 Å². The van der Waals surface area contributed by atoms with Crippen LogP contribution in [0.3, 0.4) is 0 Å². The topological polar surface area (TPSA) is 75.4 Å². The Labute approximate surface area is 119 Å². The summed E-state index contributed by atoms with van der Waals surface area (Å²) in [5, 5.41) is 2.86. The minimum atomic E-state index is -0.293. The van der Waals surface area contributed by atoms with Crippen molar-refractivity contribution < 1.29 is 9.59 Å². The van der Waals surface area contributed by atoms with E-state index in [9.17, 15) is 9.59 Å². The third-order valence-electron chi connectivity index (χ3n) is 3.15. The summed E-state index contributed by atoms with van der Waals surface area (Å²) in [5.74, 6) is -0.263. The number of carbonyl (C=O) groups is 2. The molecule has 1 aliphatic rings. The van der Waals surface area contributed by atoms with Gasteiger partial charge in [0.1, 0.15) is 0 Å². The first-order valence-electron chi connectivity index (χ1n) is 6.75. The Balaban J connectivity index is 2.09. The van der Waals surface area contributed by atoms with Crippen molar-refractivity contribution in [1.29, 1.82) is 0 Å². The molecule has 0 unspecified atom stereocenters. The zero-order valence-electron chi connectivity index (χ0n) is 12.2. The molecule has 5 nitrogen and oxygen atoms in total. The number of rotatable bonds is 2. The molecular formula is C15H21N3O2. The van der Waals surface area contributed by atoms with Gasteiger partial charge in [-0.25, -0.2) is 0 Å². The van der Waals surface area contributed by atoms with E-state index in [1.54, 1.807) is 17.0 Å². The third-order valence-corrected chi connectivity index (χ3v) is 3.15. The summed E-state index contributed by atoms with van der Waals surface area (Å²) in [6.45, 7) is 6.40. The Hall–Kier alpha value is -2.04. The summed E-state index contributed by atoms with van der Waals surface area (Å²) in [6, 6.07) is 5.37. The van der Waals surface area contributed by atoms with E-state index < -0.39 is 0 Å². The van der Waals surface area contributed by atoms with Crippen LogP contribution in [0.2, 0.25) is 0 Å². The summed E-state index contributed by atoms with van der Waals surface area (Å²) in [4.78, 5) is 25.9. The first kappa shape index (κ1) is 14.4. The van der Waals surface area contributed by atoms with Gasteiger partial charge in [-0.15, -0.1) is 0 Å². The van der Waals surface area contributed by atoms with Gasteiger partial charge in [-0.2, -0.15) is 0 Å². The van der Waals surface area contributed by atoms with Crippen LogP contribution >= 0.6 is 0 Å². The molecule has 5 heteroatoms. The van der Waals surface area contributed by atoms with Gasteiger partial charge in [-0.1, -0.05) is 6.07 Å². The van der Waals surface area contributed by atoms with Crippen molar-refractivity contribution in [2.45, 2.75) is 32.7 Å². The number of anilines is 1. The summed E-state index contributed by atoms with van der Waals surface area (Å²) in [7, 11) is 0. The van der Waals surface area contributed by atoms with Crippen LogP contribution < -0.4 is 11.1 Å². The smallest absolute Gasteiger partial charge is 0.254 e. The highest BCUT2D eigenvalue weighted by Crippen LogP contribution is 2.21. The van der Waals surface area contributed by atoms with Crippen LogP contribution in [-0.4, -0.2) is 35.3 Å². The Morgan fingerprint density at radius 1 is 1.40 bits per heavy atom. The molecule has 1 aliphatic heterocycles. The van der Waals surface area contributed by atoms with Crippen molar-refractivity contribution >= 4 is 17.5 Å². The lowest BCUT2D eigenvalue weighted by Gasteiger charge is -2.29. The lowest BCUT2D eigenvalue weighted by molar-refractivity contribution is -0.123. The summed E-state index contributed by atoms with van der Waals surface area (Å²) in [6.07, 6.45) is 0.754. The van der Waals surface area contributed by atoms with Gasteiger partial charge in [0, 0.05) is 23.3 Å². The molecule has 0 aromatic heterocycles. The number of amides is 2. The molecule has 0 saturated carbocycles. The molecule has 1 aromatic carbocycles. The fourth-order valence-electron chi connectivity index (χ4n) is 2.32. The highest BCUT2D eigenvalue weighted by atomic mass is 16.2. The van der Waals surface area contributed by atoms with Crippen LogP contribution in [0, 0.1) is 0 Å². The normalized spacial score (nSPS) is 14.9. The van der Waals surface area contributed by atoms with Crippen LogP contribution in [0.1, 0.15) is 36.7 Å². The van der Waals surface area contributed by atoms with E-state index >= 15 is 0 Å². The van der Waals surface area contributed by atoms with E-state index in [1.165, 1.54) is 0 Å². The highest BCUT2D eigenvalue weighted by Gasteiger charge is 2.26. The number of hydrogen-bond donors (Lipinski definition) is 2. The molecular weight excluding hydrogens is 254 g/mol. The van der Waals surface area contributed by atoms with Crippen LogP contribution in [0.4, 0.5) is 5.69 Å². The minimum Gasteiger partial charge on any atom is -0.399 e. The van der Waals surface area contributed by atoms with Crippen molar-refractivity contribution in [1.82, 2.24) is 10.2 Å². The molecule has 0 aliphatic carbocycles. The molecule has 0 bridgehead atoms. The zero-order chi connectivity index (χ0) is 14.9. The van der Waals surface area contributed by atoms with E-state index in [-0.39, 0.29) is 23.9 Å². The van der Waals surface area contributed by atoms with Gasteiger partial charge < -0.3 is 16.0 Å². The van der Waals surface area contributed by atoms with Gasteiger partial charge in [0.05, 0.1) is 6.54 Å². The molecule has 0 atom stereocenters. The second-order valence-corrected chi connectivity index (χ2v) is 6.19. The fraction of sp³-hybridized carbons (Fsp3) is 0.467. The first-order chi connectivity index (χ1) is 9.26. The summed E-state index contributed by atoms with van der Waals surface area (Å²) in [5.41, 5.74) is 7.61. The number of nitrogens with two attached hydrogens (primary N) is 1. The maximum Gasteiger partial charge on any atom is 0.254 e. The Kier molecular flexibility index (Phi) is 3.70. The zero-order valence-corrected chi connectivity index (χ0v) is 12.2. The van der Waals surface area contributed by atoms with Crippen molar-refractivity contribution in [3.05, 3.63) is 29.3 Å². The molecule has 0 fully saturated rings. The minimum absolute atomic E-state index is 0.0876. The lowest BCUT2D eigenvalue weighted by atomic mass is 9.98. The largest absolute Gasteiger partial charge is 0.399 e. The summed E-state index contributed by atoms with van der Waals surface area (Å²) < 4.78 is 0. The first-order valence-corrected chi connectivity index (χ1v) is 6.75. The van der Waals surface area contributed by atoms with Gasteiger partial charge >= 0.3 is 0 Å². The number of nitrogens with one attached hydrogen (secondary N) is 1.